The van der Waals surface area contributed by atoms with Gasteiger partial charge in [-0.25, -0.2) is 0 Å². The molecule has 3 nitrogen and oxygen atoms in total. The Labute approximate surface area is 111 Å². The second-order valence-corrected chi connectivity index (χ2v) is 5.31. The van der Waals surface area contributed by atoms with Crippen molar-refractivity contribution >= 4 is 5.91 Å². The van der Waals surface area contributed by atoms with Crippen molar-refractivity contribution in [3.8, 4) is 0 Å². The molecule has 0 saturated carbocycles. The van der Waals surface area contributed by atoms with Crippen LogP contribution in [0.3, 0.4) is 0 Å². The van der Waals surface area contributed by atoms with Crippen LogP contribution in [-0.2, 0) is 4.79 Å². The second-order valence-electron chi connectivity index (χ2n) is 5.31. The summed E-state index contributed by atoms with van der Waals surface area (Å²) in [6.45, 7) is 9.71. The number of nitrogens with one attached hydrogen (secondary N) is 1. The molecule has 0 aromatic carbocycles. The minimum Gasteiger partial charge on any atom is -0.355 e. The van der Waals surface area contributed by atoms with Crippen LogP contribution in [0.15, 0.2) is 23.3 Å². The molecule has 1 N–H and O–H groups in total. The van der Waals surface area contributed by atoms with Gasteiger partial charge in [0.2, 0.25) is 5.91 Å². The third kappa shape index (κ3) is 6.60. The van der Waals surface area contributed by atoms with Crippen molar-refractivity contribution in [2.24, 2.45) is 0 Å². The van der Waals surface area contributed by atoms with Crippen molar-refractivity contribution in [1.82, 2.24) is 10.2 Å². The summed E-state index contributed by atoms with van der Waals surface area (Å²) in [6.07, 6.45) is 7.82. The lowest BCUT2D eigenvalue weighted by atomic mass is 10.1. The van der Waals surface area contributed by atoms with Crippen molar-refractivity contribution < 1.29 is 4.79 Å². The molecule has 0 aliphatic carbocycles. The molecule has 0 aromatic rings. The lowest BCUT2D eigenvalue weighted by Crippen LogP contribution is -2.33. The standard InChI is InChI=1S/C15H26N2O/c1-13(2)6-4-7-14(3)8-11-17-10-5-9-16-15(18)12-17/h6,8H,4-5,7,9-12H2,1-3H3,(H,16,18)/b14-8+. The molecule has 0 radical (unpaired) electrons. The first-order valence-electron chi connectivity index (χ1n) is 6.86. The molecule has 0 atom stereocenters. The van der Waals surface area contributed by atoms with Crippen LogP contribution in [0.5, 0.6) is 0 Å². The SMILES string of the molecule is CC(C)=CCC/C(C)=C/CN1CCCNC(=O)C1. The molecule has 1 amide bonds. The maximum atomic E-state index is 11.4. The molecule has 1 aliphatic rings. The van der Waals surface area contributed by atoms with Gasteiger partial charge in [-0.2, -0.15) is 0 Å². The van der Waals surface area contributed by atoms with Gasteiger partial charge in [0.25, 0.3) is 0 Å². The molecule has 1 aliphatic heterocycles. The fourth-order valence-electron chi connectivity index (χ4n) is 2.00. The number of carbonyl (C=O) groups is 1. The molecule has 1 fully saturated rings. The number of amides is 1. The highest BCUT2D eigenvalue weighted by Gasteiger charge is 2.12. The van der Waals surface area contributed by atoms with E-state index in [4.69, 9.17) is 0 Å². The predicted octanol–water partition coefficient (Wildman–Crippen LogP) is 2.50. The highest BCUT2D eigenvalue weighted by atomic mass is 16.2. The quantitative estimate of drug-likeness (QED) is 0.760. The van der Waals surface area contributed by atoms with Crippen LogP contribution in [0.1, 0.15) is 40.0 Å². The summed E-state index contributed by atoms with van der Waals surface area (Å²) in [7, 11) is 0. The minimum atomic E-state index is 0.156. The molecule has 1 rings (SSSR count). The summed E-state index contributed by atoms with van der Waals surface area (Å²) >= 11 is 0. The smallest absolute Gasteiger partial charge is 0.234 e. The lowest BCUT2D eigenvalue weighted by Gasteiger charge is -2.16. The Hall–Kier alpha value is -1.09. The van der Waals surface area contributed by atoms with Gasteiger partial charge >= 0.3 is 0 Å². The highest BCUT2D eigenvalue weighted by molar-refractivity contribution is 5.78. The summed E-state index contributed by atoms with van der Waals surface area (Å²) in [5.74, 6) is 0.156. The van der Waals surface area contributed by atoms with E-state index in [-0.39, 0.29) is 5.91 Å². The largest absolute Gasteiger partial charge is 0.355 e. The van der Waals surface area contributed by atoms with E-state index in [1.165, 1.54) is 11.1 Å². The maximum Gasteiger partial charge on any atom is 0.234 e. The fraction of sp³-hybridized carbons (Fsp3) is 0.667. The molecule has 0 unspecified atom stereocenters. The van der Waals surface area contributed by atoms with Gasteiger partial charge in [0, 0.05) is 19.6 Å². The third-order valence-electron chi connectivity index (χ3n) is 3.13. The summed E-state index contributed by atoms with van der Waals surface area (Å²) < 4.78 is 0. The Morgan fingerprint density at radius 1 is 1.33 bits per heavy atom. The lowest BCUT2D eigenvalue weighted by molar-refractivity contribution is -0.121. The molecule has 102 valence electrons. The molecule has 1 heterocycles. The molecular weight excluding hydrogens is 224 g/mol. The summed E-state index contributed by atoms with van der Waals surface area (Å²) in [6, 6.07) is 0. The van der Waals surface area contributed by atoms with Crippen molar-refractivity contribution in [3.05, 3.63) is 23.3 Å². The van der Waals surface area contributed by atoms with Crippen LogP contribution in [0.2, 0.25) is 0 Å². The number of carbonyl (C=O) groups excluding carboxylic acids is 1. The Balaban J connectivity index is 2.32. The van der Waals surface area contributed by atoms with Crippen LogP contribution in [0, 0.1) is 0 Å². The Morgan fingerprint density at radius 3 is 2.83 bits per heavy atom. The van der Waals surface area contributed by atoms with Crippen LogP contribution >= 0.6 is 0 Å². The van der Waals surface area contributed by atoms with Crippen molar-refractivity contribution in [1.29, 1.82) is 0 Å². The van der Waals surface area contributed by atoms with Gasteiger partial charge in [-0.3, -0.25) is 9.69 Å². The Bertz CT molecular complexity index is 327. The zero-order valence-electron chi connectivity index (χ0n) is 12.0. The monoisotopic (exact) mass is 250 g/mol. The molecule has 1 saturated heterocycles. The number of hydrogen-bond donors (Lipinski definition) is 1. The van der Waals surface area contributed by atoms with Crippen LogP contribution in [0.4, 0.5) is 0 Å². The topological polar surface area (TPSA) is 32.3 Å². The number of nitrogens with zero attached hydrogens (tertiary/aromatic N) is 1. The third-order valence-corrected chi connectivity index (χ3v) is 3.13. The number of rotatable bonds is 5. The van der Waals surface area contributed by atoms with E-state index >= 15 is 0 Å². The summed E-state index contributed by atoms with van der Waals surface area (Å²) in [5, 5.41) is 2.90. The van der Waals surface area contributed by atoms with Gasteiger partial charge in [0.1, 0.15) is 0 Å². The predicted molar refractivity (Wildman–Crippen MR) is 76.5 cm³/mol. The van der Waals surface area contributed by atoms with Crippen molar-refractivity contribution in [2.45, 2.75) is 40.0 Å². The van der Waals surface area contributed by atoms with Crippen molar-refractivity contribution in [3.63, 3.8) is 0 Å². The van der Waals surface area contributed by atoms with Crippen LogP contribution in [-0.4, -0.2) is 37.0 Å². The van der Waals surface area contributed by atoms with Gasteiger partial charge < -0.3 is 5.32 Å². The number of allylic oxidation sites excluding steroid dienone is 3. The summed E-state index contributed by atoms with van der Waals surface area (Å²) in [4.78, 5) is 13.6. The summed E-state index contributed by atoms with van der Waals surface area (Å²) in [5.41, 5.74) is 2.80. The maximum absolute atomic E-state index is 11.4. The van der Waals surface area contributed by atoms with E-state index in [1.807, 2.05) is 0 Å². The van der Waals surface area contributed by atoms with Gasteiger partial charge in [-0.15, -0.1) is 0 Å². The highest BCUT2D eigenvalue weighted by Crippen LogP contribution is 2.07. The molecule has 18 heavy (non-hydrogen) atoms. The first-order chi connectivity index (χ1) is 8.58. The average Bonchev–Trinajstić information content (AvgIpc) is 2.50. The first-order valence-corrected chi connectivity index (χ1v) is 6.86. The van der Waals surface area contributed by atoms with E-state index in [9.17, 15) is 4.79 Å². The molecule has 0 aromatic heterocycles. The van der Waals surface area contributed by atoms with Gasteiger partial charge in [0.15, 0.2) is 0 Å². The first kappa shape index (κ1) is 15.0. The van der Waals surface area contributed by atoms with Crippen LogP contribution in [0.25, 0.3) is 0 Å². The fourth-order valence-corrected chi connectivity index (χ4v) is 2.00. The number of hydrogen-bond acceptors (Lipinski definition) is 2. The Kier molecular flexibility index (Phi) is 6.73. The zero-order valence-corrected chi connectivity index (χ0v) is 12.0. The minimum absolute atomic E-state index is 0.156. The Morgan fingerprint density at radius 2 is 2.11 bits per heavy atom. The van der Waals surface area contributed by atoms with E-state index < -0.39 is 0 Å². The normalized spacial score (nSPS) is 18.2. The molecule has 0 bridgehead atoms. The molecule has 3 heteroatoms. The van der Waals surface area contributed by atoms with Crippen molar-refractivity contribution in [2.75, 3.05) is 26.2 Å². The molecule has 0 spiro atoms. The van der Waals surface area contributed by atoms with Crippen LogP contribution < -0.4 is 5.32 Å². The average molecular weight is 250 g/mol. The van der Waals surface area contributed by atoms with Gasteiger partial charge in [-0.05, 0) is 40.0 Å². The van der Waals surface area contributed by atoms with Gasteiger partial charge in [0.05, 0.1) is 6.54 Å². The zero-order chi connectivity index (χ0) is 13.4. The molecular formula is C15H26N2O. The van der Waals surface area contributed by atoms with E-state index in [0.29, 0.717) is 6.54 Å². The van der Waals surface area contributed by atoms with E-state index in [1.54, 1.807) is 0 Å². The van der Waals surface area contributed by atoms with E-state index in [0.717, 1.165) is 38.9 Å². The second kappa shape index (κ2) is 8.09. The van der Waals surface area contributed by atoms with Gasteiger partial charge in [-0.1, -0.05) is 23.3 Å². The van der Waals surface area contributed by atoms with E-state index in [2.05, 4.69) is 43.1 Å².